The Morgan fingerprint density at radius 2 is 1.75 bits per heavy atom. The van der Waals surface area contributed by atoms with Crippen LogP contribution in [-0.2, 0) is 10.0 Å². The number of phenols is 3. The summed E-state index contributed by atoms with van der Waals surface area (Å²) in [5.74, 6) is -2.10. The van der Waals surface area contributed by atoms with E-state index < -0.39 is 33.2 Å². The number of rotatable bonds is 4. The molecule has 2 heterocycles. The van der Waals surface area contributed by atoms with Crippen molar-refractivity contribution in [3.05, 3.63) is 29.2 Å². The Labute approximate surface area is 161 Å². The summed E-state index contributed by atoms with van der Waals surface area (Å²) in [4.78, 5) is 14.1. The van der Waals surface area contributed by atoms with Crippen LogP contribution in [0, 0.1) is 13.8 Å². The van der Waals surface area contributed by atoms with Crippen molar-refractivity contribution in [3.8, 4) is 17.2 Å². The molecule has 0 saturated carbocycles. The van der Waals surface area contributed by atoms with Gasteiger partial charge in [-0.2, -0.15) is 0 Å². The van der Waals surface area contributed by atoms with Gasteiger partial charge in [0, 0.05) is 24.7 Å². The van der Waals surface area contributed by atoms with E-state index in [1.54, 1.807) is 6.92 Å². The molecule has 0 aliphatic carbocycles. The highest BCUT2D eigenvalue weighted by Crippen LogP contribution is 2.35. The molecule has 1 aromatic carbocycles. The van der Waals surface area contributed by atoms with E-state index in [0.717, 1.165) is 12.1 Å². The van der Waals surface area contributed by atoms with Crippen LogP contribution < -0.4 is 4.72 Å². The quantitative estimate of drug-likeness (QED) is 0.543. The van der Waals surface area contributed by atoms with Crippen molar-refractivity contribution in [3.63, 3.8) is 0 Å². The average Bonchev–Trinajstić information content (AvgIpc) is 2.98. The minimum absolute atomic E-state index is 0.0287. The first-order valence-electron chi connectivity index (χ1n) is 8.59. The highest BCUT2D eigenvalue weighted by molar-refractivity contribution is 7.89. The lowest BCUT2D eigenvalue weighted by atomic mass is 10.0. The second-order valence-corrected chi connectivity index (χ2v) is 8.35. The summed E-state index contributed by atoms with van der Waals surface area (Å²) in [6.45, 7) is 3.65. The summed E-state index contributed by atoms with van der Waals surface area (Å²) in [5, 5.41) is 32.2. The number of benzene rings is 1. The van der Waals surface area contributed by atoms with Crippen LogP contribution in [0.2, 0.25) is 0 Å². The van der Waals surface area contributed by atoms with E-state index in [1.165, 1.54) is 11.8 Å². The Morgan fingerprint density at radius 1 is 1.18 bits per heavy atom. The molecule has 11 heteroatoms. The number of sulfonamides is 1. The smallest absolute Gasteiger partial charge is 0.254 e. The van der Waals surface area contributed by atoms with Gasteiger partial charge in [0.25, 0.3) is 5.91 Å². The molecule has 1 amide bonds. The van der Waals surface area contributed by atoms with E-state index in [9.17, 15) is 28.5 Å². The maximum absolute atomic E-state index is 12.6. The van der Waals surface area contributed by atoms with Crippen LogP contribution in [0.3, 0.4) is 0 Å². The molecule has 0 bridgehead atoms. The van der Waals surface area contributed by atoms with Crippen LogP contribution in [0.5, 0.6) is 17.2 Å². The normalized spacial score (nSPS) is 15.7. The van der Waals surface area contributed by atoms with Crippen LogP contribution in [-0.4, -0.2) is 58.8 Å². The monoisotopic (exact) mass is 411 g/mol. The summed E-state index contributed by atoms with van der Waals surface area (Å²) in [6.07, 6.45) is 0.786. The number of hydrogen-bond acceptors (Lipinski definition) is 8. The predicted octanol–water partition coefficient (Wildman–Crippen LogP) is 0.991. The Balaban J connectivity index is 1.65. The van der Waals surface area contributed by atoms with E-state index in [-0.39, 0.29) is 41.0 Å². The Hall–Kier alpha value is -2.79. The lowest BCUT2D eigenvalue weighted by molar-refractivity contribution is 0.0710. The van der Waals surface area contributed by atoms with Crippen molar-refractivity contribution in [2.45, 2.75) is 37.6 Å². The zero-order chi connectivity index (χ0) is 20.6. The molecular formula is C17H21N3O7S. The van der Waals surface area contributed by atoms with Crippen molar-refractivity contribution in [2.75, 3.05) is 13.1 Å². The molecule has 10 nitrogen and oxygen atoms in total. The van der Waals surface area contributed by atoms with E-state index in [0.29, 0.717) is 12.8 Å². The van der Waals surface area contributed by atoms with E-state index in [1.807, 2.05) is 0 Å². The number of carbonyl (C=O) groups is 1. The zero-order valence-corrected chi connectivity index (χ0v) is 16.2. The fourth-order valence-corrected chi connectivity index (χ4v) is 4.88. The first-order valence-corrected chi connectivity index (χ1v) is 10.1. The molecule has 0 unspecified atom stereocenters. The fraction of sp³-hybridized carbons (Fsp3) is 0.412. The van der Waals surface area contributed by atoms with E-state index in [2.05, 4.69) is 9.88 Å². The molecular weight excluding hydrogens is 390 g/mol. The predicted molar refractivity (Wildman–Crippen MR) is 96.7 cm³/mol. The average molecular weight is 411 g/mol. The van der Waals surface area contributed by atoms with Crippen LogP contribution >= 0.6 is 0 Å². The zero-order valence-electron chi connectivity index (χ0n) is 15.3. The van der Waals surface area contributed by atoms with Crippen molar-refractivity contribution >= 4 is 15.9 Å². The number of likely N-dealkylation sites (tertiary alicyclic amines) is 1. The van der Waals surface area contributed by atoms with Gasteiger partial charge in [-0.25, -0.2) is 13.1 Å². The Bertz CT molecular complexity index is 965. The lowest BCUT2D eigenvalue weighted by Gasteiger charge is -2.32. The number of aromatic nitrogens is 1. The number of hydrogen-bond donors (Lipinski definition) is 4. The molecule has 1 aromatic heterocycles. The number of nitrogens with zero attached hydrogens (tertiary/aromatic N) is 2. The number of carbonyl (C=O) groups excluding carboxylic acids is 1. The summed E-state index contributed by atoms with van der Waals surface area (Å²) in [6, 6.07) is 1.79. The van der Waals surface area contributed by atoms with Crippen LogP contribution in [0.15, 0.2) is 21.6 Å². The number of nitrogens with one attached hydrogen (secondary N) is 1. The first-order chi connectivity index (χ1) is 13.1. The third-order valence-electron chi connectivity index (χ3n) is 4.66. The third kappa shape index (κ3) is 3.76. The molecule has 1 aliphatic rings. The van der Waals surface area contributed by atoms with Gasteiger partial charge in [0.15, 0.2) is 23.0 Å². The van der Waals surface area contributed by atoms with Crippen molar-refractivity contribution in [1.29, 1.82) is 0 Å². The fourth-order valence-electron chi connectivity index (χ4n) is 3.25. The molecule has 1 saturated heterocycles. The topological polar surface area (TPSA) is 153 Å². The van der Waals surface area contributed by atoms with Crippen LogP contribution in [0.25, 0.3) is 0 Å². The summed E-state index contributed by atoms with van der Waals surface area (Å²) in [7, 11) is -3.79. The van der Waals surface area contributed by atoms with Gasteiger partial charge in [0.2, 0.25) is 10.0 Å². The van der Waals surface area contributed by atoms with E-state index in [4.69, 9.17) is 4.52 Å². The van der Waals surface area contributed by atoms with Crippen LogP contribution in [0.1, 0.15) is 34.7 Å². The standard InChI is InChI=1S/C17H21N3O7S/c1-9-16(10(2)27-18-9)28(25,26)19-12-3-5-20(6-4-12)17(24)11-7-13(21)15(23)14(22)8-11/h7-8,12,19,21-23H,3-6H2,1-2H3. The molecule has 0 atom stereocenters. The Morgan fingerprint density at radius 3 is 2.25 bits per heavy atom. The van der Waals surface area contributed by atoms with Crippen molar-refractivity contribution in [2.24, 2.45) is 0 Å². The third-order valence-corrected chi connectivity index (χ3v) is 6.42. The summed E-state index contributed by atoms with van der Waals surface area (Å²) >= 11 is 0. The van der Waals surface area contributed by atoms with Crippen molar-refractivity contribution in [1.82, 2.24) is 14.8 Å². The lowest BCUT2D eigenvalue weighted by Crippen LogP contribution is -2.46. The Kier molecular flexibility index (Phi) is 5.22. The van der Waals surface area contributed by atoms with Gasteiger partial charge in [0.1, 0.15) is 10.6 Å². The van der Waals surface area contributed by atoms with Gasteiger partial charge in [-0.3, -0.25) is 4.79 Å². The minimum atomic E-state index is -3.79. The first kappa shape index (κ1) is 20.0. The number of aryl methyl sites for hydroxylation is 2. The van der Waals surface area contributed by atoms with Gasteiger partial charge in [-0.1, -0.05) is 5.16 Å². The molecule has 3 rings (SSSR count). The highest BCUT2D eigenvalue weighted by Gasteiger charge is 2.30. The number of phenolic OH excluding ortho intramolecular Hbond substituents is 3. The van der Waals surface area contributed by atoms with E-state index >= 15 is 0 Å². The second-order valence-electron chi connectivity index (χ2n) is 6.70. The number of aromatic hydroxyl groups is 3. The summed E-state index contributed by atoms with van der Waals surface area (Å²) in [5.41, 5.74) is 0.312. The molecule has 28 heavy (non-hydrogen) atoms. The maximum atomic E-state index is 12.6. The molecule has 0 radical (unpaired) electrons. The minimum Gasteiger partial charge on any atom is -0.504 e. The van der Waals surface area contributed by atoms with Gasteiger partial charge in [0.05, 0.1) is 0 Å². The molecule has 0 spiro atoms. The van der Waals surface area contributed by atoms with Gasteiger partial charge >= 0.3 is 0 Å². The largest absolute Gasteiger partial charge is 0.504 e. The number of piperidine rings is 1. The molecule has 1 fully saturated rings. The SMILES string of the molecule is Cc1noc(C)c1S(=O)(=O)NC1CCN(C(=O)c2cc(O)c(O)c(O)c2)CC1. The van der Waals surface area contributed by atoms with Crippen molar-refractivity contribution < 1.29 is 33.1 Å². The second kappa shape index (κ2) is 7.32. The molecule has 4 N–H and O–H groups in total. The van der Waals surface area contributed by atoms with Crippen LogP contribution in [0.4, 0.5) is 0 Å². The highest BCUT2D eigenvalue weighted by atomic mass is 32.2. The number of amides is 1. The van der Waals surface area contributed by atoms with Gasteiger partial charge < -0.3 is 24.7 Å². The molecule has 152 valence electrons. The molecule has 2 aromatic rings. The molecule has 1 aliphatic heterocycles. The van der Waals surface area contributed by atoms with Gasteiger partial charge in [-0.15, -0.1) is 0 Å². The van der Waals surface area contributed by atoms with Gasteiger partial charge in [-0.05, 0) is 38.8 Å². The maximum Gasteiger partial charge on any atom is 0.254 e. The summed E-state index contributed by atoms with van der Waals surface area (Å²) < 4.78 is 32.7.